The van der Waals surface area contributed by atoms with Gasteiger partial charge < -0.3 is 9.64 Å². The van der Waals surface area contributed by atoms with Crippen molar-refractivity contribution in [3.05, 3.63) is 41.1 Å². The van der Waals surface area contributed by atoms with Crippen LogP contribution in [0.25, 0.3) is 0 Å². The molecule has 1 aromatic heterocycles. The van der Waals surface area contributed by atoms with E-state index < -0.39 is 5.82 Å². The number of fused-ring (bicyclic) bond motifs is 1. The smallest absolute Gasteiger partial charge is 0.199 e. The fourth-order valence-corrected chi connectivity index (χ4v) is 2.22. The van der Waals surface area contributed by atoms with E-state index in [1.807, 2.05) is 6.07 Å². The molecule has 3 rings (SSSR count). The summed E-state index contributed by atoms with van der Waals surface area (Å²) < 4.78 is 19.5. The van der Waals surface area contributed by atoms with Crippen molar-refractivity contribution in [3.63, 3.8) is 0 Å². The van der Waals surface area contributed by atoms with Gasteiger partial charge >= 0.3 is 0 Å². The van der Waals surface area contributed by atoms with Gasteiger partial charge in [-0.2, -0.15) is 5.26 Å². The Morgan fingerprint density at radius 3 is 3.00 bits per heavy atom. The molecule has 0 fully saturated rings. The van der Waals surface area contributed by atoms with Crippen LogP contribution < -0.4 is 9.64 Å². The Hall–Kier alpha value is -2.39. The highest BCUT2D eigenvalue weighted by atomic mass is 35.5. The Morgan fingerprint density at radius 1 is 1.40 bits per heavy atom. The molecule has 0 amide bonds. The highest BCUT2D eigenvalue weighted by Gasteiger charge is 2.25. The Bertz CT molecular complexity index is 716. The molecule has 20 heavy (non-hydrogen) atoms. The summed E-state index contributed by atoms with van der Waals surface area (Å²) in [4.78, 5) is 9.59. The van der Waals surface area contributed by atoms with Crippen molar-refractivity contribution in [2.24, 2.45) is 0 Å². The fourth-order valence-electron chi connectivity index (χ4n) is 2.03. The van der Waals surface area contributed by atoms with E-state index in [2.05, 4.69) is 9.97 Å². The van der Waals surface area contributed by atoms with Crippen LogP contribution in [-0.2, 0) is 0 Å². The quantitative estimate of drug-likeness (QED) is 0.756. The van der Waals surface area contributed by atoms with Crippen molar-refractivity contribution < 1.29 is 9.13 Å². The van der Waals surface area contributed by atoms with Crippen LogP contribution in [0, 0.1) is 17.1 Å². The molecule has 0 aliphatic carbocycles. The van der Waals surface area contributed by atoms with Gasteiger partial charge in [-0.3, -0.25) is 0 Å². The molecular weight excluding hydrogens is 283 g/mol. The minimum Gasteiger partial charge on any atom is -0.485 e. The molecule has 2 heterocycles. The first kappa shape index (κ1) is 12.6. The van der Waals surface area contributed by atoms with Gasteiger partial charge in [-0.1, -0.05) is 11.6 Å². The number of rotatable bonds is 1. The number of ether oxygens (including phenoxy) is 1. The number of nitrogens with zero attached hydrogens (tertiary/aromatic N) is 4. The molecule has 1 aromatic carbocycles. The number of hydrogen-bond acceptors (Lipinski definition) is 5. The summed E-state index contributed by atoms with van der Waals surface area (Å²) in [7, 11) is 0. The molecule has 0 saturated heterocycles. The Labute approximate surface area is 119 Å². The standard InChI is InChI=1S/C13H8ClFN4O/c14-12-11-13(18-7-17-12)19(3-4-20-11)10-2-1-8(6-16)5-9(10)15/h1-2,5,7H,3-4H2. The van der Waals surface area contributed by atoms with Gasteiger partial charge in [0, 0.05) is 0 Å². The number of aromatic nitrogens is 2. The van der Waals surface area contributed by atoms with Crippen LogP contribution >= 0.6 is 11.6 Å². The third-order valence-corrected chi connectivity index (χ3v) is 3.20. The SMILES string of the molecule is N#Cc1ccc(N2CCOc3c(Cl)ncnc32)c(F)c1. The van der Waals surface area contributed by atoms with Crippen molar-refractivity contribution in [1.29, 1.82) is 5.26 Å². The van der Waals surface area contributed by atoms with Gasteiger partial charge in [-0.25, -0.2) is 14.4 Å². The zero-order valence-corrected chi connectivity index (χ0v) is 10.9. The summed E-state index contributed by atoms with van der Waals surface area (Å²) in [5.41, 5.74) is 0.587. The van der Waals surface area contributed by atoms with E-state index in [1.165, 1.54) is 12.4 Å². The third-order valence-electron chi connectivity index (χ3n) is 2.93. The highest BCUT2D eigenvalue weighted by Crippen LogP contribution is 2.39. The zero-order valence-electron chi connectivity index (χ0n) is 10.2. The van der Waals surface area contributed by atoms with Crippen LogP contribution in [0.2, 0.25) is 5.15 Å². The number of anilines is 2. The van der Waals surface area contributed by atoms with E-state index >= 15 is 0 Å². The monoisotopic (exact) mass is 290 g/mol. The molecule has 0 radical (unpaired) electrons. The second-order valence-electron chi connectivity index (χ2n) is 4.10. The third kappa shape index (κ3) is 2.02. The minimum absolute atomic E-state index is 0.189. The molecule has 1 aliphatic heterocycles. The van der Waals surface area contributed by atoms with E-state index in [4.69, 9.17) is 21.6 Å². The van der Waals surface area contributed by atoms with Crippen molar-refractivity contribution in [2.75, 3.05) is 18.1 Å². The van der Waals surface area contributed by atoms with Crippen molar-refractivity contribution in [2.45, 2.75) is 0 Å². The number of nitriles is 1. The first-order chi connectivity index (χ1) is 9.70. The van der Waals surface area contributed by atoms with E-state index in [9.17, 15) is 4.39 Å². The van der Waals surface area contributed by atoms with E-state index in [0.29, 0.717) is 30.4 Å². The molecule has 0 N–H and O–H groups in total. The predicted octanol–water partition coefficient (Wildman–Crippen LogP) is 2.67. The van der Waals surface area contributed by atoms with Crippen LogP contribution in [-0.4, -0.2) is 23.1 Å². The van der Waals surface area contributed by atoms with Crippen LogP contribution in [0.15, 0.2) is 24.5 Å². The maximum Gasteiger partial charge on any atom is 0.199 e. The van der Waals surface area contributed by atoms with Gasteiger partial charge in [0.25, 0.3) is 0 Å². The lowest BCUT2D eigenvalue weighted by atomic mass is 10.2. The molecule has 7 heteroatoms. The van der Waals surface area contributed by atoms with Gasteiger partial charge in [0.15, 0.2) is 16.7 Å². The molecule has 100 valence electrons. The molecule has 1 aliphatic rings. The van der Waals surface area contributed by atoms with Gasteiger partial charge in [-0.05, 0) is 18.2 Å². The van der Waals surface area contributed by atoms with Crippen LogP contribution in [0.5, 0.6) is 5.75 Å². The molecular formula is C13H8ClFN4O. The highest BCUT2D eigenvalue weighted by molar-refractivity contribution is 6.31. The maximum atomic E-state index is 14.1. The van der Waals surface area contributed by atoms with E-state index in [0.717, 1.165) is 0 Å². The number of hydrogen-bond donors (Lipinski definition) is 0. The molecule has 0 bridgehead atoms. The fraction of sp³-hybridized carbons (Fsp3) is 0.154. The van der Waals surface area contributed by atoms with Gasteiger partial charge in [0.1, 0.15) is 18.8 Å². The Balaban J connectivity index is 2.10. The average molecular weight is 291 g/mol. The second-order valence-corrected chi connectivity index (χ2v) is 4.45. The summed E-state index contributed by atoms with van der Waals surface area (Å²) in [6.07, 6.45) is 1.30. The first-order valence-electron chi connectivity index (χ1n) is 5.81. The zero-order chi connectivity index (χ0) is 14.1. The van der Waals surface area contributed by atoms with Crippen LogP contribution in [0.3, 0.4) is 0 Å². The second kappa shape index (κ2) is 4.94. The van der Waals surface area contributed by atoms with Crippen LogP contribution in [0.1, 0.15) is 5.56 Å². The lowest BCUT2D eigenvalue weighted by Crippen LogP contribution is -2.30. The summed E-state index contributed by atoms with van der Waals surface area (Å²) in [6, 6.07) is 6.18. The predicted molar refractivity (Wildman–Crippen MR) is 70.7 cm³/mol. The van der Waals surface area contributed by atoms with Gasteiger partial charge in [-0.15, -0.1) is 0 Å². The normalized spacial score (nSPS) is 13.3. The summed E-state index contributed by atoms with van der Waals surface area (Å²) in [5, 5.41) is 8.96. The summed E-state index contributed by atoms with van der Waals surface area (Å²) >= 11 is 5.94. The molecule has 5 nitrogen and oxygen atoms in total. The van der Waals surface area contributed by atoms with Crippen molar-refractivity contribution in [1.82, 2.24) is 9.97 Å². The molecule has 0 spiro atoms. The van der Waals surface area contributed by atoms with Gasteiger partial charge in [0.05, 0.1) is 23.9 Å². The maximum absolute atomic E-state index is 14.1. The topological polar surface area (TPSA) is 62.0 Å². The van der Waals surface area contributed by atoms with E-state index in [-0.39, 0.29) is 10.7 Å². The minimum atomic E-state index is -0.494. The average Bonchev–Trinajstić information content (AvgIpc) is 2.47. The summed E-state index contributed by atoms with van der Waals surface area (Å²) in [5.74, 6) is 0.260. The largest absolute Gasteiger partial charge is 0.485 e. The lowest BCUT2D eigenvalue weighted by molar-refractivity contribution is 0.310. The Morgan fingerprint density at radius 2 is 2.25 bits per heavy atom. The van der Waals surface area contributed by atoms with Gasteiger partial charge in [0.2, 0.25) is 0 Å². The van der Waals surface area contributed by atoms with Crippen molar-refractivity contribution >= 4 is 23.1 Å². The molecule has 0 unspecified atom stereocenters. The first-order valence-corrected chi connectivity index (χ1v) is 6.19. The van der Waals surface area contributed by atoms with Crippen molar-refractivity contribution in [3.8, 4) is 11.8 Å². The van der Waals surface area contributed by atoms with E-state index in [1.54, 1.807) is 17.0 Å². The van der Waals surface area contributed by atoms with Crippen LogP contribution in [0.4, 0.5) is 15.9 Å². The molecule has 2 aromatic rings. The molecule has 0 atom stereocenters. The lowest BCUT2D eigenvalue weighted by Gasteiger charge is -2.30. The summed E-state index contributed by atoms with van der Waals surface area (Å²) in [6.45, 7) is 0.780. The number of halogens is 2. The number of benzene rings is 1. The Kier molecular flexibility index (Phi) is 3.12. The molecule has 0 saturated carbocycles.